The fourth-order valence-electron chi connectivity index (χ4n) is 2.99. The number of nitrogens with one attached hydrogen (secondary N) is 2. The van der Waals surface area contributed by atoms with Crippen LogP contribution in [0.3, 0.4) is 0 Å². The van der Waals surface area contributed by atoms with E-state index in [0.29, 0.717) is 24.7 Å². The van der Waals surface area contributed by atoms with E-state index < -0.39 is 0 Å². The molecule has 1 aromatic rings. The van der Waals surface area contributed by atoms with Crippen LogP contribution in [0.5, 0.6) is 6.01 Å². The number of hydrogen-bond donors (Lipinski definition) is 3. The summed E-state index contributed by atoms with van der Waals surface area (Å²) in [5.41, 5.74) is 12.6. The highest BCUT2D eigenvalue weighted by Gasteiger charge is 2.11. The number of nitrogens with two attached hydrogens (primary N) is 1. The maximum absolute atomic E-state index is 5.99. The van der Waals surface area contributed by atoms with E-state index in [4.69, 9.17) is 10.5 Å². The van der Waals surface area contributed by atoms with Crippen LogP contribution in [0.15, 0.2) is 46.4 Å². The molecule has 0 amide bonds. The minimum atomic E-state index is 0.362. The molecule has 0 aliphatic heterocycles. The lowest BCUT2D eigenvalue weighted by Gasteiger charge is -2.23. The van der Waals surface area contributed by atoms with Gasteiger partial charge in [-0.1, -0.05) is 19.9 Å². The van der Waals surface area contributed by atoms with E-state index >= 15 is 0 Å². The van der Waals surface area contributed by atoms with Gasteiger partial charge in [-0.2, -0.15) is 15.1 Å². The highest BCUT2D eigenvalue weighted by Crippen LogP contribution is 2.17. The number of hydrogen-bond acceptors (Lipinski definition) is 8. The molecule has 8 heteroatoms. The Kier molecular flexibility index (Phi) is 9.86. The summed E-state index contributed by atoms with van der Waals surface area (Å²) in [6.07, 6.45) is 10.4. The fraction of sp³-hybridized carbons (Fsp3) is 0.500. The molecule has 164 valence electrons. The average Bonchev–Trinajstić information content (AvgIpc) is 2.88. The van der Waals surface area contributed by atoms with E-state index in [9.17, 15) is 0 Å². The van der Waals surface area contributed by atoms with Crippen LogP contribution in [0.4, 0.5) is 5.82 Å². The van der Waals surface area contributed by atoms with Gasteiger partial charge in [0.1, 0.15) is 12.4 Å². The summed E-state index contributed by atoms with van der Waals surface area (Å²) >= 11 is 0. The normalized spacial score (nSPS) is 14.1. The molecule has 8 nitrogen and oxygen atoms in total. The summed E-state index contributed by atoms with van der Waals surface area (Å²) < 4.78 is 5.74. The Morgan fingerprint density at radius 3 is 2.70 bits per heavy atom. The van der Waals surface area contributed by atoms with Gasteiger partial charge in [0, 0.05) is 43.5 Å². The largest absolute Gasteiger partial charge is 0.462 e. The molecule has 30 heavy (non-hydrogen) atoms. The maximum Gasteiger partial charge on any atom is 0.319 e. The number of anilines is 1. The molecular formula is C22H35N7O. The molecule has 2 rings (SSSR count). The number of rotatable bonds is 12. The van der Waals surface area contributed by atoms with Gasteiger partial charge < -0.3 is 20.7 Å². The zero-order chi connectivity index (χ0) is 21.8. The van der Waals surface area contributed by atoms with Gasteiger partial charge in [-0.05, 0) is 44.5 Å². The molecule has 1 aliphatic carbocycles. The van der Waals surface area contributed by atoms with Crippen molar-refractivity contribution in [3.63, 3.8) is 0 Å². The standard InChI is InChI=1S/C22H35N7O/c1-5-10-29(11-6-2)21-15-20(26-22(27-21)30-12-9-24-4)16-25-28-19-13-17(3)7-8-18(23)14-19/h7-8,13,15-16,24,28H,5-6,9-12,14,23H2,1-4H3/b25-16+. The first-order chi connectivity index (χ1) is 14.5. The Bertz CT molecular complexity index is 793. The van der Waals surface area contributed by atoms with Crippen LogP contribution >= 0.6 is 0 Å². The SMILES string of the molecule is CCCN(CCC)c1cc(/C=N/NC2=CC(C)=CC=C(N)C2)nc(OCCNC)n1. The van der Waals surface area contributed by atoms with Crippen LogP contribution in [0.25, 0.3) is 0 Å². The van der Waals surface area contributed by atoms with Gasteiger partial charge >= 0.3 is 6.01 Å². The lowest BCUT2D eigenvalue weighted by atomic mass is 10.2. The van der Waals surface area contributed by atoms with E-state index in [1.165, 1.54) is 0 Å². The van der Waals surface area contributed by atoms with Gasteiger partial charge in [-0.15, -0.1) is 0 Å². The van der Waals surface area contributed by atoms with Crippen LogP contribution in [0.1, 0.15) is 45.7 Å². The van der Waals surface area contributed by atoms with Crippen LogP contribution in [0.2, 0.25) is 0 Å². The predicted octanol–water partition coefficient (Wildman–Crippen LogP) is 2.70. The molecule has 1 heterocycles. The second-order valence-corrected chi connectivity index (χ2v) is 7.24. The van der Waals surface area contributed by atoms with E-state index in [1.807, 2.05) is 38.3 Å². The first-order valence-corrected chi connectivity index (χ1v) is 10.6. The van der Waals surface area contributed by atoms with Gasteiger partial charge in [0.25, 0.3) is 0 Å². The summed E-state index contributed by atoms with van der Waals surface area (Å²) in [4.78, 5) is 11.4. The highest BCUT2D eigenvalue weighted by molar-refractivity contribution is 5.78. The zero-order valence-corrected chi connectivity index (χ0v) is 18.6. The molecule has 0 fully saturated rings. The molecule has 0 saturated heterocycles. The van der Waals surface area contributed by atoms with Crippen molar-refractivity contribution in [3.05, 3.63) is 47.0 Å². The number of allylic oxidation sites excluding steroid dienone is 4. The topological polar surface area (TPSA) is 101 Å². The lowest BCUT2D eigenvalue weighted by molar-refractivity contribution is 0.293. The minimum absolute atomic E-state index is 0.362. The first-order valence-electron chi connectivity index (χ1n) is 10.6. The third kappa shape index (κ3) is 7.87. The lowest BCUT2D eigenvalue weighted by Crippen LogP contribution is -2.26. The second kappa shape index (κ2) is 12.6. The summed E-state index contributed by atoms with van der Waals surface area (Å²) in [5, 5.41) is 7.44. The van der Waals surface area contributed by atoms with Crippen LogP contribution in [-0.2, 0) is 0 Å². The Morgan fingerprint density at radius 1 is 1.23 bits per heavy atom. The molecule has 0 saturated carbocycles. The molecule has 1 aliphatic rings. The van der Waals surface area contributed by atoms with Gasteiger partial charge in [-0.3, -0.25) is 5.43 Å². The Balaban J connectivity index is 2.20. The number of hydrazone groups is 1. The second-order valence-electron chi connectivity index (χ2n) is 7.24. The van der Waals surface area contributed by atoms with Gasteiger partial charge in [-0.25, -0.2) is 0 Å². The highest BCUT2D eigenvalue weighted by atomic mass is 16.5. The van der Waals surface area contributed by atoms with E-state index in [0.717, 1.165) is 55.3 Å². The summed E-state index contributed by atoms with van der Waals surface area (Å²) in [7, 11) is 1.88. The van der Waals surface area contributed by atoms with Crippen molar-refractivity contribution < 1.29 is 4.74 Å². The molecule has 4 N–H and O–H groups in total. The molecule has 0 unspecified atom stereocenters. The summed E-state index contributed by atoms with van der Waals surface area (Å²) in [5.74, 6) is 0.856. The van der Waals surface area contributed by atoms with Crippen molar-refractivity contribution in [3.8, 4) is 6.01 Å². The molecule has 0 radical (unpaired) electrons. The molecule has 0 spiro atoms. The van der Waals surface area contributed by atoms with Crippen LogP contribution in [-0.4, -0.2) is 49.5 Å². The summed E-state index contributed by atoms with van der Waals surface area (Å²) in [6.45, 7) is 9.44. The van der Waals surface area contributed by atoms with Crippen molar-refractivity contribution in [2.75, 3.05) is 38.2 Å². The molecular weight excluding hydrogens is 378 g/mol. The average molecular weight is 414 g/mol. The fourth-order valence-corrected chi connectivity index (χ4v) is 2.99. The van der Waals surface area contributed by atoms with Crippen LogP contribution < -0.4 is 26.1 Å². The molecule has 1 aromatic heterocycles. The molecule has 0 bridgehead atoms. The van der Waals surface area contributed by atoms with E-state index in [-0.39, 0.29) is 0 Å². The number of aromatic nitrogens is 2. The van der Waals surface area contributed by atoms with E-state index in [1.54, 1.807) is 6.21 Å². The van der Waals surface area contributed by atoms with Crippen molar-refractivity contribution >= 4 is 12.0 Å². The van der Waals surface area contributed by atoms with E-state index in [2.05, 4.69) is 44.6 Å². The monoisotopic (exact) mass is 413 g/mol. The Hall–Kier alpha value is -2.87. The predicted molar refractivity (Wildman–Crippen MR) is 124 cm³/mol. The van der Waals surface area contributed by atoms with Crippen molar-refractivity contribution in [2.45, 2.75) is 40.0 Å². The number of likely N-dealkylation sites (N-methyl/N-ethyl adjacent to an activating group) is 1. The van der Waals surface area contributed by atoms with Crippen molar-refractivity contribution in [1.29, 1.82) is 0 Å². The van der Waals surface area contributed by atoms with Gasteiger partial charge in [0.05, 0.1) is 11.9 Å². The van der Waals surface area contributed by atoms with Crippen LogP contribution in [0, 0.1) is 0 Å². The maximum atomic E-state index is 5.99. The Morgan fingerprint density at radius 2 is 2.00 bits per heavy atom. The Labute approximate surface area is 180 Å². The third-order valence-electron chi connectivity index (χ3n) is 4.37. The third-order valence-corrected chi connectivity index (χ3v) is 4.37. The summed E-state index contributed by atoms with van der Waals surface area (Å²) in [6, 6.07) is 2.31. The van der Waals surface area contributed by atoms with Gasteiger partial charge in [0.2, 0.25) is 0 Å². The van der Waals surface area contributed by atoms with Crippen molar-refractivity contribution in [1.82, 2.24) is 20.7 Å². The number of nitrogens with zero attached hydrogens (tertiary/aromatic N) is 4. The quantitative estimate of drug-likeness (QED) is 0.275. The smallest absolute Gasteiger partial charge is 0.319 e. The van der Waals surface area contributed by atoms with Crippen molar-refractivity contribution in [2.24, 2.45) is 10.8 Å². The minimum Gasteiger partial charge on any atom is -0.462 e. The van der Waals surface area contributed by atoms with Gasteiger partial charge in [0.15, 0.2) is 0 Å². The molecule has 0 aromatic carbocycles. The zero-order valence-electron chi connectivity index (χ0n) is 18.6. The first kappa shape index (κ1) is 23.4. The number of ether oxygens (including phenoxy) is 1. The molecule has 0 atom stereocenters.